The summed E-state index contributed by atoms with van der Waals surface area (Å²) in [5.74, 6) is -0.465. The van der Waals surface area contributed by atoms with Gasteiger partial charge in [0.15, 0.2) is 0 Å². The van der Waals surface area contributed by atoms with E-state index in [0.29, 0.717) is 17.1 Å². The van der Waals surface area contributed by atoms with Crippen LogP contribution < -0.4 is 17.0 Å². The quantitative estimate of drug-likeness (QED) is 0.496. The summed E-state index contributed by atoms with van der Waals surface area (Å²) in [6.45, 7) is 3.49. The topological polar surface area (TPSA) is 113 Å². The standard InChI is InChI=1S/C19H18N4O3/c1-11-6-8-15(9-7-11)23-18(25)16(17(24)22-19(23)26)12(2)21-14-5-3-4-13(20)10-14/h3-10,25H,20H2,1-2H3,(H,22,24,26). The van der Waals surface area contributed by atoms with Gasteiger partial charge in [0.1, 0.15) is 5.56 Å². The summed E-state index contributed by atoms with van der Waals surface area (Å²) in [5.41, 5.74) is 6.99. The number of aromatic nitrogens is 2. The van der Waals surface area contributed by atoms with E-state index in [0.717, 1.165) is 10.1 Å². The Morgan fingerprint density at radius 2 is 1.85 bits per heavy atom. The van der Waals surface area contributed by atoms with Crippen LogP contribution in [0.1, 0.15) is 18.1 Å². The van der Waals surface area contributed by atoms with Gasteiger partial charge in [0.2, 0.25) is 5.88 Å². The van der Waals surface area contributed by atoms with Crippen LogP contribution in [0, 0.1) is 6.92 Å². The summed E-state index contributed by atoms with van der Waals surface area (Å²) in [7, 11) is 0. The van der Waals surface area contributed by atoms with Gasteiger partial charge in [-0.15, -0.1) is 0 Å². The molecule has 1 heterocycles. The molecular weight excluding hydrogens is 332 g/mol. The largest absolute Gasteiger partial charge is 0.493 e. The van der Waals surface area contributed by atoms with E-state index in [-0.39, 0.29) is 11.3 Å². The zero-order chi connectivity index (χ0) is 18.8. The molecule has 7 heteroatoms. The lowest BCUT2D eigenvalue weighted by Gasteiger charge is -2.11. The molecule has 0 aliphatic heterocycles. The molecule has 3 aromatic rings. The van der Waals surface area contributed by atoms with Crippen LogP contribution in [0.15, 0.2) is 63.1 Å². The minimum absolute atomic E-state index is 0.0763. The number of hydrogen-bond donors (Lipinski definition) is 3. The number of nitrogens with one attached hydrogen (secondary N) is 1. The monoisotopic (exact) mass is 350 g/mol. The Labute approximate surface area is 149 Å². The van der Waals surface area contributed by atoms with Gasteiger partial charge in [0, 0.05) is 5.69 Å². The molecule has 7 nitrogen and oxygen atoms in total. The van der Waals surface area contributed by atoms with E-state index < -0.39 is 17.1 Å². The second kappa shape index (κ2) is 6.72. The molecule has 0 spiro atoms. The maximum absolute atomic E-state index is 12.3. The number of nitrogens with zero attached hydrogens (tertiary/aromatic N) is 2. The zero-order valence-corrected chi connectivity index (χ0v) is 14.4. The molecule has 0 atom stereocenters. The van der Waals surface area contributed by atoms with Crippen LogP contribution in [-0.4, -0.2) is 20.4 Å². The Hall–Kier alpha value is -3.61. The Morgan fingerprint density at radius 1 is 1.15 bits per heavy atom. The third-order valence-corrected chi connectivity index (χ3v) is 3.91. The fourth-order valence-corrected chi connectivity index (χ4v) is 2.63. The van der Waals surface area contributed by atoms with Gasteiger partial charge in [0.05, 0.1) is 17.1 Å². The van der Waals surface area contributed by atoms with Crippen molar-refractivity contribution >= 4 is 17.1 Å². The molecular formula is C19H18N4O3. The normalized spacial score (nSPS) is 11.5. The molecule has 0 unspecified atom stereocenters. The maximum atomic E-state index is 12.3. The Kier molecular flexibility index (Phi) is 4.45. The molecule has 132 valence electrons. The molecule has 1 aromatic heterocycles. The number of H-pyrrole nitrogens is 1. The van der Waals surface area contributed by atoms with Gasteiger partial charge < -0.3 is 10.8 Å². The number of anilines is 1. The first-order valence-electron chi connectivity index (χ1n) is 7.93. The molecule has 26 heavy (non-hydrogen) atoms. The summed E-state index contributed by atoms with van der Waals surface area (Å²) in [6.07, 6.45) is 0. The van der Waals surface area contributed by atoms with Crippen molar-refractivity contribution in [3.8, 4) is 11.6 Å². The first-order valence-corrected chi connectivity index (χ1v) is 7.93. The molecule has 0 saturated heterocycles. The van der Waals surface area contributed by atoms with E-state index in [1.54, 1.807) is 55.5 Å². The minimum Gasteiger partial charge on any atom is -0.493 e. The van der Waals surface area contributed by atoms with Crippen LogP contribution in [0.25, 0.3) is 5.69 Å². The van der Waals surface area contributed by atoms with Crippen LogP contribution in [0.5, 0.6) is 5.88 Å². The Morgan fingerprint density at radius 3 is 2.50 bits per heavy atom. The fraction of sp³-hybridized carbons (Fsp3) is 0.105. The molecule has 0 aliphatic carbocycles. The van der Waals surface area contributed by atoms with Crippen LogP contribution in [0.2, 0.25) is 0 Å². The number of rotatable bonds is 3. The number of hydrogen-bond acceptors (Lipinski definition) is 5. The summed E-state index contributed by atoms with van der Waals surface area (Å²) in [6, 6.07) is 13.8. The lowest BCUT2D eigenvalue weighted by Crippen LogP contribution is -2.32. The summed E-state index contributed by atoms with van der Waals surface area (Å²) in [4.78, 5) is 31.0. The van der Waals surface area contributed by atoms with Crippen molar-refractivity contribution in [3.63, 3.8) is 0 Å². The Balaban J connectivity index is 2.19. The molecule has 0 aliphatic rings. The summed E-state index contributed by atoms with van der Waals surface area (Å²) >= 11 is 0. The van der Waals surface area contributed by atoms with Gasteiger partial charge in [0.25, 0.3) is 5.56 Å². The smallest absolute Gasteiger partial charge is 0.335 e. The van der Waals surface area contributed by atoms with Crippen molar-refractivity contribution in [1.82, 2.24) is 9.55 Å². The first kappa shape index (κ1) is 17.2. The fourth-order valence-electron chi connectivity index (χ4n) is 2.63. The average Bonchev–Trinajstić information content (AvgIpc) is 2.56. The van der Waals surface area contributed by atoms with Crippen molar-refractivity contribution < 1.29 is 5.11 Å². The second-order valence-corrected chi connectivity index (χ2v) is 5.92. The van der Waals surface area contributed by atoms with Crippen molar-refractivity contribution in [2.45, 2.75) is 13.8 Å². The van der Waals surface area contributed by atoms with E-state index in [9.17, 15) is 14.7 Å². The molecule has 4 N–H and O–H groups in total. The molecule has 0 amide bonds. The molecule has 0 bridgehead atoms. The molecule has 0 radical (unpaired) electrons. The number of aryl methyl sites for hydroxylation is 1. The highest BCUT2D eigenvalue weighted by Gasteiger charge is 2.18. The van der Waals surface area contributed by atoms with Crippen LogP contribution in [-0.2, 0) is 0 Å². The van der Waals surface area contributed by atoms with E-state index in [1.165, 1.54) is 0 Å². The zero-order valence-electron chi connectivity index (χ0n) is 14.4. The number of nitrogen functional groups attached to an aromatic ring is 1. The number of aromatic amines is 1. The Bertz CT molecular complexity index is 1110. The number of aliphatic imine (C=N–C) groups is 1. The lowest BCUT2D eigenvalue weighted by molar-refractivity contribution is 0.430. The predicted molar refractivity (Wildman–Crippen MR) is 102 cm³/mol. The van der Waals surface area contributed by atoms with Gasteiger partial charge in [-0.05, 0) is 44.2 Å². The van der Waals surface area contributed by atoms with Crippen molar-refractivity contribution in [1.29, 1.82) is 0 Å². The van der Waals surface area contributed by atoms with E-state index in [1.807, 2.05) is 6.92 Å². The summed E-state index contributed by atoms with van der Waals surface area (Å²) < 4.78 is 1.04. The summed E-state index contributed by atoms with van der Waals surface area (Å²) in [5, 5.41) is 10.6. The van der Waals surface area contributed by atoms with Crippen molar-refractivity contribution in [3.05, 3.63) is 80.5 Å². The number of benzene rings is 2. The third kappa shape index (κ3) is 3.27. The molecule has 0 fully saturated rings. The van der Waals surface area contributed by atoms with Gasteiger partial charge in [-0.1, -0.05) is 23.8 Å². The third-order valence-electron chi connectivity index (χ3n) is 3.91. The van der Waals surface area contributed by atoms with Gasteiger partial charge in [-0.2, -0.15) is 0 Å². The van der Waals surface area contributed by atoms with E-state index >= 15 is 0 Å². The van der Waals surface area contributed by atoms with Crippen molar-refractivity contribution in [2.24, 2.45) is 4.99 Å². The highest BCUT2D eigenvalue weighted by Crippen LogP contribution is 2.21. The molecule has 0 saturated carbocycles. The minimum atomic E-state index is -0.725. The van der Waals surface area contributed by atoms with Gasteiger partial charge in [-0.25, -0.2) is 9.36 Å². The highest BCUT2D eigenvalue weighted by atomic mass is 16.3. The van der Waals surface area contributed by atoms with Crippen molar-refractivity contribution in [2.75, 3.05) is 5.73 Å². The van der Waals surface area contributed by atoms with E-state index in [4.69, 9.17) is 5.73 Å². The SMILES string of the molecule is CC(=Nc1cccc(N)c1)c1c(O)n(-c2ccc(C)cc2)c(=O)[nH]c1=O. The second-order valence-electron chi connectivity index (χ2n) is 5.92. The van der Waals surface area contributed by atoms with Crippen LogP contribution in [0.3, 0.4) is 0 Å². The van der Waals surface area contributed by atoms with Crippen LogP contribution >= 0.6 is 0 Å². The van der Waals surface area contributed by atoms with Crippen LogP contribution in [0.4, 0.5) is 11.4 Å². The predicted octanol–water partition coefficient (Wildman–Crippen LogP) is 2.26. The van der Waals surface area contributed by atoms with E-state index in [2.05, 4.69) is 9.98 Å². The number of aromatic hydroxyl groups is 1. The first-order chi connectivity index (χ1) is 12.4. The van der Waals surface area contributed by atoms with Gasteiger partial charge >= 0.3 is 5.69 Å². The number of nitrogens with two attached hydrogens (primary N) is 1. The lowest BCUT2D eigenvalue weighted by atomic mass is 10.2. The molecule has 2 aromatic carbocycles. The maximum Gasteiger partial charge on any atom is 0.335 e. The molecule has 3 rings (SSSR count). The average molecular weight is 350 g/mol. The van der Waals surface area contributed by atoms with Gasteiger partial charge in [-0.3, -0.25) is 14.8 Å². The highest BCUT2D eigenvalue weighted by molar-refractivity contribution is 6.01.